The number of halogens is 1. The molecule has 1 aliphatic heterocycles. The quantitative estimate of drug-likeness (QED) is 0.880. The van der Waals surface area contributed by atoms with Gasteiger partial charge in [0.15, 0.2) is 0 Å². The Morgan fingerprint density at radius 2 is 2.37 bits per heavy atom. The Morgan fingerprint density at radius 1 is 1.58 bits per heavy atom. The van der Waals surface area contributed by atoms with E-state index in [4.69, 9.17) is 9.47 Å². The van der Waals surface area contributed by atoms with E-state index < -0.39 is 11.9 Å². The molecule has 1 aromatic carbocycles. The van der Waals surface area contributed by atoms with Gasteiger partial charge in [-0.2, -0.15) is 0 Å². The molecule has 1 heterocycles. The highest BCUT2D eigenvalue weighted by atomic mass is 19.1. The fraction of sp³-hybridized carbons (Fsp3) is 0.462. The highest BCUT2D eigenvalue weighted by Crippen LogP contribution is 2.28. The smallest absolute Gasteiger partial charge is 0.257 e. The number of hydrogen-bond donors (Lipinski definition) is 1. The maximum absolute atomic E-state index is 13.3. The number of morpholine rings is 1. The van der Waals surface area contributed by atoms with Gasteiger partial charge in [0, 0.05) is 26.2 Å². The Labute approximate surface area is 111 Å². The van der Waals surface area contributed by atoms with Crippen LogP contribution in [0.2, 0.25) is 0 Å². The van der Waals surface area contributed by atoms with Crippen molar-refractivity contribution in [2.45, 2.75) is 6.10 Å². The summed E-state index contributed by atoms with van der Waals surface area (Å²) >= 11 is 0. The van der Waals surface area contributed by atoms with E-state index in [-0.39, 0.29) is 5.91 Å². The number of anilines is 1. The summed E-state index contributed by atoms with van der Waals surface area (Å²) in [6.45, 7) is 1.68. The molecule has 104 valence electrons. The van der Waals surface area contributed by atoms with E-state index in [1.165, 1.54) is 30.2 Å². The number of benzene rings is 1. The Kier molecular flexibility index (Phi) is 4.34. The Bertz CT molecular complexity index is 461. The fourth-order valence-electron chi connectivity index (χ4n) is 1.98. The molecule has 0 radical (unpaired) electrons. The Balaban J connectivity index is 2.20. The first-order chi connectivity index (χ1) is 9.13. The lowest BCUT2D eigenvalue weighted by Crippen LogP contribution is -2.48. The van der Waals surface area contributed by atoms with Crippen LogP contribution in [0.4, 0.5) is 10.1 Å². The third-order valence-corrected chi connectivity index (χ3v) is 3.04. The van der Waals surface area contributed by atoms with E-state index in [9.17, 15) is 9.18 Å². The lowest BCUT2D eigenvalue weighted by molar-refractivity contribution is -0.131. The fourth-order valence-corrected chi connectivity index (χ4v) is 1.98. The van der Waals surface area contributed by atoms with Crippen LogP contribution in [0.5, 0.6) is 5.75 Å². The van der Waals surface area contributed by atoms with Crippen molar-refractivity contribution in [2.24, 2.45) is 0 Å². The number of carbonyl (C=O) groups excluding carboxylic acids is 1. The van der Waals surface area contributed by atoms with Crippen LogP contribution in [0, 0.1) is 5.82 Å². The normalized spacial score (nSPS) is 19.0. The molecule has 0 bridgehead atoms. The molecule has 5 nitrogen and oxygen atoms in total. The van der Waals surface area contributed by atoms with E-state index in [2.05, 4.69) is 5.32 Å². The molecule has 1 unspecified atom stereocenters. The maximum Gasteiger partial charge on any atom is 0.257 e. The first-order valence-electron chi connectivity index (χ1n) is 6.07. The van der Waals surface area contributed by atoms with E-state index in [0.717, 1.165) is 6.54 Å². The minimum atomic E-state index is -0.549. The van der Waals surface area contributed by atoms with Crippen LogP contribution in [0.25, 0.3) is 0 Å². The van der Waals surface area contributed by atoms with Crippen LogP contribution in [0.15, 0.2) is 18.2 Å². The second-order valence-electron chi connectivity index (χ2n) is 4.28. The van der Waals surface area contributed by atoms with Crippen molar-refractivity contribution in [3.8, 4) is 5.75 Å². The van der Waals surface area contributed by atoms with Crippen LogP contribution in [0.1, 0.15) is 0 Å². The van der Waals surface area contributed by atoms with E-state index >= 15 is 0 Å². The molecule has 1 aliphatic rings. The first kappa shape index (κ1) is 13.8. The zero-order chi connectivity index (χ0) is 13.8. The molecule has 1 atom stereocenters. The van der Waals surface area contributed by atoms with E-state index in [1.54, 1.807) is 7.05 Å². The Morgan fingerprint density at radius 3 is 3.00 bits per heavy atom. The van der Waals surface area contributed by atoms with Gasteiger partial charge in [-0.1, -0.05) is 0 Å². The number of nitrogens with zero attached hydrogens (tertiary/aromatic N) is 1. The van der Waals surface area contributed by atoms with E-state index in [0.29, 0.717) is 24.6 Å². The molecule has 1 aromatic rings. The zero-order valence-corrected chi connectivity index (χ0v) is 11.0. The largest absolute Gasteiger partial charge is 0.495 e. The topological polar surface area (TPSA) is 50.8 Å². The van der Waals surface area contributed by atoms with Gasteiger partial charge in [-0.25, -0.2) is 4.39 Å². The van der Waals surface area contributed by atoms with Gasteiger partial charge >= 0.3 is 0 Å². The number of amides is 1. The van der Waals surface area contributed by atoms with Gasteiger partial charge in [-0.15, -0.1) is 0 Å². The number of carbonyl (C=O) groups is 1. The van der Waals surface area contributed by atoms with Gasteiger partial charge in [0.25, 0.3) is 5.91 Å². The average Bonchev–Trinajstić information content (AvgIpc) is 2.46. The third-order valence-electron chi connectivity index (χ3n) is 3.04. The highest BCUT2D eigenvalue weighted by Gasteiger charge is 2.27. The molecule has 2 rings (SSSR count). The minimum absolute atomic E-state index is 0.226. The molecule has 1 saturated heterocycles. The number of hydrogen-bond acceptors (Lipinski definition) is 4. The summed E-state index contributed by atoms with van der Waals surface area (Å²) in [5.74, 6) is -0.199. The van der Waals surface area contributed by atoms with Crippen LogP contribution < -0.4 is 15.0 Å². The predicted octanol–water partition coefficient (Wildman–Crippen LogP) is 0.785. The molecular formula is C13H17FN2O3. The summed E-state index contributed by atoms with van der Waals surface area (Å²) in [5.41, 5.74) is 0.390. The van der Waals surface area contributed by atoms with Crippen LogP contribution in [0.3, 0.4) is 0 Å². The molecule has 1 amide bonds. The minimum Gasteiger partial charge on any atom is -0.495 e. The average molecular weight is 268 g/mol. The number of ether oxygens (including phenoxy) is 2. The second kappa shape index (κ2) is 5.99. The summed E-state index contributed by atoms with van der Waals surface area (Å²) in [5, 5.41) is 3.08. The van der Waals surface area contributed by atoms with Crippen LogP contribution in [-0.2, 0) is 9.53 Å². The van der Waals surface area contributed by atoms with Gasteiger partial charge in [0.2, 0.25) is 0 Å². The standard InChI is InChI=1S/C13H17FN2O3/c1-16(13(17)12-8-15-5-6-19-12)10-7-9(14)3-4-11(10)18-2/h3-4,7,12,15H,5-6,8H2,1-2H3. The van der Waals surface area contributed by atoms with Gasteiger partial charge in [-0.3, -0.25) is 4.79 Å². The van der Waals surface area contributed by atoms with Crippen molar-refractivity contribution >= 4 is 11.6 Å². The summed E-state index contributed by atoms with van der Waals surface area (Å²) in [6, 6.07) is 4.06. The van der Waals surface area contributed by atoms with Gasteiger partial charge in [0.05, 0.1) is 19.4 Å². The highest BCUT2D eigenvalue weighted by molar-refractivity contribution is 5.97. The second-order valence-corrected chi connectivity index (χ2v) is 4.28. The van der Waals surface area contributed by atoms with Gasteiger partial charge in [-0.05, 0) is 12.1 Å². The molecule has 0 aromatic heterocycles. The first-order valence-corrected chi connectivity index (χ1v) is 6.07. The van der Waals surface area contributed by atoms with Crippen LogP contribution in [-0.4, -0.2) is 45.9 Å². The van der Waals surface area contributed by atoms with Crippen molar-refractivity contribution in [3.05, 3.63) is 24.0 Å². The molecule has 1 fully saturated rings. The Hall–Kier alpha value is -1.66. The SMILES string of the molecule is COc1ccc(F)cc1N(C)C(=O)C1CNCCO1. The van der Waals surface area contributed by atoms with Gasteiger partial charge in [0.1, 0.15) is 17.7 Å². The predicted molar refractivity (Wildman–Crippen MR) is 69.0 cm³/mol. The zero-order valence-electron chi connectivity index (χ0n) is 11.0. The van der Waals surface area contributed by atoms with E-state index in [1.807, 2.05) is 0 Å². The molecule has 0 aliphatic carbocycles. The lowest BCUT2D eigenvalue weighted by atomic mass is 10.2. The van der Waals surface area contributed by atoms with Crippen LogP contribution >= 0.6 is 0 Å². The molecule has 6 heteroatoms. The van der Waals surface area contributed by atoms with Gasteiger partial charge < -0.3 is 19.7 Å². The molecule has 0 saturated carbocycles. The molecular weight excluding hydrogens is 251 g/mol. The monoisotopic (exact) mass is 268 g/mol. The molecule has 0 spiro atoms. The third kappa shape index (κ3) is 3.02. The number of methoxy groups -OCH3 is 1. The van der Waals surface area contributed by atoms with Crippen molar-refractivity contribution in [1.82, 2.24) is 5.32 Å². The summed E-state index contributed by atoms with van der Waals surface area (Å²) in [4.78, 5) is 13.6. The van der Waals surface area contributed by atoms with Crippen molar-refractivity contribution in [3.63, 3.8) is 0 Å². The molecule has 1 N–H and O–H groups in total. The van der Waals surface area contributed by atoms with Crippen molar-refractivity contribution in [1.29, 1.82) is 0 Å². The summed E-state index contributed by atoms with van der Waals surface area (Å²) < 4.78 is 23.9. The number of likely N-dealkylation sites (N-methyl/N-ethyl adjacent to an activating group) is 1. The number of nitrogens with one attached hydrogen (secondary N) is 1. The summed E-state index contributed by atoms with van der Waals surface area (Å²) in [6.07, 6.45) is -0.549. The van der Waals surface area contributed by atoms with Crippen molar-refractivity contribution < 1.29 is 18.7 Å². The maximum atomic E-state index is 13.3. The number of rotatable bonds is 3. The van der Waals surface area contributed by atoms with Crippen molar-refractivity contribution in [2.75, 3.05) is 38.8 Å². The summed E-state index contributed by atoms with van der Waals surface area (Å²) in [7, 11) is 3.06. The lowest BCUT2D eigenvalue weighted by Gasteiger charge is -2.28. The molecule has 19 heavy (non-hydrogen) atoms.